The van der Waals surface area contributed by atoms with Crippen molar-refractivity contribution in [3.8, 4) is 0 Å². The number of thiazole rings is 1. The van der Waals surface area contributed by atoms with Crippen molar-refractivity contribution >= 4 is 33.1 Å². The maximum Gasteiger partial charge on any atom is 0.308 e. The average molecular weight is 330 g/mol. The summed E-state index contributed by atoms with van der Waals surface area (Å²) in [5.74, 6) is -0.699. The van der Waals surface area contributed by atoms with Crippen LogP contribution in [0.2, 0.25) is 0 Å². The Balaban J connectivity index is 1.87. The molecule has 0 saturated carbocycles. The number of carbonyl (C=O) groups is 1. The minimum atomic E-state index is -0.384. The van der Waals surface area contributed by atoms with Crippen molar-refractivity contribution in [3.63, 3.8) is 0 Å². The third-order valence-corrected chi connectivity index (χ3v) is 4.42. The molecule has 3 aromatic rings. The van der Waals surface area contributed by atoms with Gasteiger partial charge in [-0.1, -0.05) is 18.3 Å². The second kappa shape index (κ2) is 6.34. The first kappa shape index (κ1) is 15.4. The molecule has 0 saturated heterocycles. The first-order chi connectivity index (χ1) is 11.1. The Labute approximate surface area is 136 Å². The molecule has 0 aliphatic carbocycles. The van der Waals surface area contributed by atoms with E-state index in [-0.39, 0.29) is 16.6 Å². The zero-order valence-electron chi connectivity index (χ0n) is 12.5. The van der Waals surface area contributed by atoms with E-state index in [0.29, 0.717) is 17.8 Å². The molecule has 118 valence electrons. The number of hydrogen-bond acceptors (Lipinski definition) is 3. The number of amides is 1. The summed E-state index contributed by atoms with van der Waals surface area (Å²) < 4.78 is 15.5. The molecule has 0 fully saturated rings. The summed E-state index contributed by atoms with van der Waals surface area (Å²) in [6, 6.07) is 10.7. The normalized spacial score (nSPS) is 10.9. The molecule has 0 aliphatic heterocycles. The van der Waals surface area contributed by atoms with Gasteiger partial charge in [0.15, 0.2) is 0 Å². The first-order valence-electron chi connectivity index (χ1n) is 7.29. The highest BCUT2D eigenvalue weighted by molar-refractivity contribution is 7.16. The van der Waals surface area contributed by atoms with Gasteiger partial charge in [-0.2, -0.15) is 0 Å². The molecular weight excluding hydrogens is 315 g/mol. The summed E-state index contributed by atoms with van der Waals surface area (Å²) in [5.41, 5.74) is 1.86. The molecule has 0 bridgehead atoms. The van der Waals surface area contributed by atoms with E-state index in [1.54, 1.807) is 16.7 Å². The van der Waals surface area contributed by atoms with Crippen LogP contribution in [-0.2, 0) is 6.54 Å². The highest BCUT2D eigenvalue weighted by Gasteiger charge is 2.10. The van der Waals surface area contributed by atoms with E-state index in [1.807, 2.05) is 13.0 Å². The minimum Gasteiger partial charge on any atom is -0.322 e. The van der Waals surface area contributed by atoms with Gasteiger partial charge in [0.05, 0.1) is 10.2 Å². The van der Waals surface area contributed by atoms with Crippen molar-refractivity contribution in [1.29, 1.82) is 0 Å². The molecule has 6 heteroatoms. The Bertz CT molecular complexity index is 912. The smallest absolute Gasteiger partial charge is 0.308 e. The molecule has 3 rings (SSSR count). The van der Waals surface area contributed by atoms with Gasteiger partial charge in [0.2, 0.25) is 0 Å². The standard InChI is InChI=1S/C17H15FN2O2S/c1-2-9-20-14-8-7-13(10-15(14)23-17(20)22)19-16(21)11-3-5-12(18)6-4-11/h3-8,10H,2,9H2,1H3,(H,19,21). The third kappa shape index (κ3) is 3.17. The van der Waals surface area contributed by atoms with Crippen LogP contribution in [0.3, 0.4) is 0 Å². The number of aromatic nitrogens is 1. The highest BCUT2D eigenvalue weighted by atomic mass is 32.1. The van der Waals surface area contributed by atoms with Crippen molar-refractivity contribution in [2.24, 2.45) is 0 Å². The van der Waals surface area contributed by atoms with Crippen LogP contribution in [0.1, 0.15) is 23.7 Å². The summed E-state index contributed by atoms with van der Waals surface area (Å²) in [6.07, 6.45) is 0.884. The minimum absolute atomic E-state index is 0.00358. The molecule has 0 aliphatic rings. The summed E-state index contributed by atoms with van der Waals surface area (Å²) in [4.78, 5) is 24.1. The molecule has 1 aromatic heterocycles. The number of halogens is 1. The fourth-order valence-electron chi connectivity index (χ4n) is 2.38. The predicted octanol–water partition coefficient (Wildman–Crippen LogP) is 3.86. The number of hydrogen-bond donors (Lipinski definition) is 1. The van der Waals surface area contributed by atoms with Gasteiger partial charge in [-0.05, 0) is 48.9 Å². The molecule has 1 heterocycles. The number of anilines is 1. The fourth-order valence-corrected chi connectivity index (χ4v) is 3.34. The van der Waals surface area contributed by atoms with E-state index in [4.69, 9.17) is 0 Å². The van der Waals surface area contributed by atoms with E-state index < -0.39 is 0 Å². The van der Waals surface area contributed by atoms with Crippen molar-refractivity contribution in [2.45, 2.75) is 19.9 Å². The van der Waals surface area contributed by atoms with Crippen LogP contribution in [0, 0.1) is 5.82 Å². The number of nitrogens with one attached hydrogen (secondary N) is 1. The number of benzene rings is 2. The lowest BCUT2D eigenvalue weighted by Gasteiger charge is -2.06. The van der Waals surface area contributed by atoms with Crippen LogP contribution in [0.5, 0.6) is 0 Å². The Morgan fingerprint density at radius 2 is 1.96 bits per heavy atom. The number of nitrogens with zero attached hydrogens (tertiary/aromatic N) is 1. The number of rotatable bonds is 4. The third-order valence-electron chi connectivity index (χ3n) is 3.48. The van der Waals surface area contributed by atoms with Crippen LogP contribution in [0.25, 0.3) is 10.2 Å². The zero-order chi connectivity index (χ0) is 16.4. The van der Waals surface area contributed by atoms with Gasteiger partial charge in [0.1, 0.15) is 5.82 Å². The van der Waals surface area contributed by atoms with Gasteiger partial charge >= 0.3 is 4.87 Å². The fraction of sp³-hybridized carbons (Fsp3) is 0.176. The van der Waals surface area contributed by atoms with Gasteiger partial charge in [0, 0.05) is 17.8 Å². The van der Waals surface area contributed by atoms with Gasteiger partial charge in [-0.15, -0.1) is 0 Å². The van der Waals surface area contributed by atoms with E-state index in [0.717, 1.165) is 28.0 Å². The maximum absolute atomic E-state index is 12.9. The Morgan fingerprint density at radius 3 is 2.65 bits per heavy atom. The van der Waals surface area contributed by atoms with Crippen LogP contribution in [0.15, 0.2) is 47.3 Å². The van der Waals surface area contributed by atoms with E-state index >= 15 is 0 Å². The monoisotopic (exact) mass is 330 g/mol. The Morgan fingerprint density at radius 1 is 1.22 bits per heavy atom. The van der Waals surface area contributed by atoms with Crippen molar-refractivity contribution in [2.75, 3.05) is 5.32 Å². The molecule has 4 nitrogen and oxygen atoms in total. The first-order valence-corrected chi connectivity index (χ1v) is 8.10. The maximum atomic E-state index is 12.9. The molecule has 0 atom stereocenters. The van der Waals surface area contributed by atoms with Crippen molar-refractivity contribution in [1.82, 2.24) is 4.57 Å². The van der Waals surface area contributed by atoms with Crippen LogP contribution < -0.4 is 10.2 Å². The lowest BCUT2D eigenvalue weighted by molar-refractivity contribution is 0.102. The quantitative estimate of drug-likeness (QED) is 0.789. The molecule has 0 unspecified atom stereocenters. The van der Waals surface area contributed by atoms with Gasteiger partial charge in [0.25, 0.3) is 5.91 Å². The second-order valence-corrected chi connectivity index (χ2v) is 6.16. The van der Waals surface area contributed by atoms with Crippen molar-refractivity contribution < 1.29 is 9.18 Å². The second-order valence-electron chi connectivity index (χ2n) is 5.16. The predicted molar refractivity (Wildman–Crippen MR) is 90.7 cm³/mol. The van der Waals surface area contributed by atoms with Crippen LogP contribution in [0.4, 0.5) is 10.1 Å². The van der Waals surface area contributed by atoms with Crippen LogP contribution in [-0.4, -0.2) is 10.5 Å². The molecule has 0 spiro atoms. The zero-order valence-corrected chi connectivity index (χ0v) is 13.3. The van der Waals surface area contributed by atoms with E-state index in [9.17, 15) is 14.0 Å². The summed E-state index contributed by atoms with van der Waals surface area (Å²) in [5, 5.41) is 2.76. The molecule has 2 aromatic carbocycles. The lowest BCUT2D eigenvalue weighted by Crippen LogP contribution is -2.12. The lowest BCUT2D eigenvalue weighted by atomic mass is 10.2. The summed E-state index contributed by atoms with van der Waals surface area (Å²) >= 11 is 1.16. The molecule has 1 N–H and O–H groups in total. The molecular formula is C17H15FN2O2S. The van der Waals surface area contributed by atoms with E-state index in [1.165, 1.54) is 24.3 Å². The van der Waals surface area contributed by atoms with Gasteiger partial charge < -0.3 is 5.32 Å². The molecule has 0 radical (unpaired) electrons. The van der Waals surface area contributed by atoms with Gasteiger partial charge in [-0.25, -0.2) is 4.39 Å². The number of carbonyl (C=O) groups excluding carboxylic acids is 1. The molecule has 1 amide bonds. The average Bonchev–Trinajstić information content (AvgIpc) is 2.83. The van der Waals surface area contributed by atoms with Crippen molar-refractivity contribution in [3.05, 3.63) is 63.5 Å². The summed E-state index contributed by atoms with van der Waals surface area (Å²) in [7, 11) is 0. The summed E-state index contributed by atoms with van der Waals surface area (Å²) in [6.45, 7) is 2.70. The largest absolute Gasteiger partial charge is 0.322 e. The topological polar surface area (TPSA) is 51.1 Å². The van der Waals surface area contributed by atoms with Gasteiger partial charge in [-0.3, -0.25) is 14.2 Å². The van der Waals surface area contributed by atoms with E-state index in [2.05, 4.69) is 5.32 Å². The number of fused-ring (bicyclic) bond motifs is 1. The Hall–Kier alpha value is -2.47. The SMILES string of the molecule is CCCn1c(=O)sc2cc(NC(=O)c3ccc(F)cc3)ccc21. The number of aryl methyl sites for hydroxylation is 1. The van der Waals surface area contributed by atoms with Crippen LogP contribution >= 0.6 is 11.3 Å². The molecule has 23 heavy (non-hydrogen) atoms. The highest BCUT2D eigenvalue weighted by Crippen LogP contribution is 2.22. The Kier molecular flexibility index (Phi) is 4.25.